The molecule has 4 aromatic carbocycles. The van der Waals surface area contributed by atoms with Crippen LogP contribution in [-0.4, -0.2) is 47.6 Å². The summed E-state index contributed by atoms with van der Waals surface area (Å²) in [5.41, 5.74) is -0.885. The van der Waals surface area contributed by atoms with Gasteiger partial charge in [0.1, 0.15) is 0 Å². The van der Waals surface area contributed by atoms with Gasteiger partial charge in [-0.2, -0.15) is 0 Å². The Bertz CT molecular complexity index is 3240. The van der Waals surface area contributed by atoms with E-state index in [1.54, 1.807) is 48.5 Å². The molecular weight excluding hydrogens is 783 g/mol. The van der Waals surface area contributed by atoms with Crippen molar-refractivity contribution in [3.63, 3.8) is 0 Å². The summed E-state index contributed by atoms with van der Waals surface area (Å²) in [5, 5.41) is 1.24. The summed E-state index contributed by atoms with van der Waals surface area (Å²) in [4.78, 5) is 98.9. The summed E-state index contributed by atoms with van der Waals surface area (Å²) in [6.07, 6.45) is 1.54. The lowest BCUT2D eigenvalue weighted by Crippen LogP contribution is -2.27. The highest BCUT2D eigenvalue weighted by Gasteiger charge is 2.20. The predicted molar refractivity (Wildman–Crippen MR) is 217 cm³/mol. The van der Waals surface area contributed by atoms with Crippen LogP contribution in [0.5, 0.6) is 0 Å². The fourth-order valence-corrected chi connectivity index (χ4v) is 8.52. The number of sulfonamides is 2. The zero-order valence-electron chi connectivity index (χ0n) is 30.9. The molecule has 57 heavy (non-hydrogen) atoms. The lowest BCUT2D eigenvalue weighted by Gasteiger charge is -2.00. The molecule has 4 heterocycles. The van der Waals surface area contributed by atoms with Gasteiger partial charge in [0.25, 0.3) is 44.5 Å². The van der Waals surface area contributed by atoms with Crippen molar-refractivity contribution in [2.24, 2.45) is 14.1 Å². The highest BCUT2D eigenvalue weighted by atomic mass is 32.3. The number of fused-ring (bicyclic) bond motifs is 4. The Hall–Kier alpha value is -6.70. The molecule has 0 aliphatic rings. The monoisotopic (exact) mass is 813 g/mol. The van der Waals surface area contributed by atoms with Gasteiger partial charge in [0, 0.05) is 14.1 Å². The van der Waals surface area contributed by atoms with Gasteiger partial charge in [0.15, 0.2) is 0 Å². The van der Waals surface area contributed by atoms with E-state index in [0.717, 1.165) is 41.9 Å². The average molecular weight is 814 g/mol. The summed E-state index contributed by atoms with van der Waals surface area (Å²) < 4.78 is 46.1. The molecule has 19 heteroatoms. The van der Waals surface area contributed by atoms with Crippen LogP contribution in [0, 0.1) is 13.8 Å². The van der Waals surface area contributed by atoms with E-state index >= 15 is 0 Å². The number of nitrogens with zero attached hydrogens (tertiary/aromatic N) is 4. The quantitative estimate of drug-likeness (QED) is 0.247. The Kier molecular flexibility index (Phi) is 9.89. The van der Waals surface area contributed by atoms with Crippen LogP contribution in [0.15, 0.2) is 111 Å². The molecule has 1 N–H and O–H groups in total. The Labute approximate surface area is 320 Å². The van der Waals surface area contributed by atoms with E-state index in [1.807, 2.05) is 13.8 Å². The van der Waals surface area contributed by atoms with Gasteiger partial charge in [0.2, 0.25) is 20.0 Å². The first-order valence-corrected chi connectivity index (χ1v) is 20.4. The van der Waals surface area contributed by atoms with Crippen LogP contribution >= 0.6 is 0 Å². The van der Waals surface area contributed by atoms with Gasteiger partial charge >= 0.3 is 0 Å². The third kappa shape index (κ3) is 7.26. The maximum Gasteiger partial charge on any atom is 0.266 e. The SMILES string of the molecule is CS(=O)(=O)NS(C)(=O)=O.Cc1ccc(-n2c(=O)c3cc4c(=O)n(C)c(=O)c4cc3c2=O)cc1.Cc1ccc(-n2c(=O)c3cc4c(=O)n(C)c(=O)c4cc3c2=O)cc1. The first kappa shape index (κ1) is 40.0. The molecule has 0 bridgehead atoms. The van der Waals surface area contributed by atoms with E-state index in [4.69, 9.17) is 0 Å². The minimum absolute atomic E-state index is 0.149. The number of rotatable bonds is 4. The third-order valence-corrected chi connectivity index (χ3v) is 11.5. The number of hydrogen-bond acceptors (Lipinski definition) is 12. The van der Waals surface area contributed by atoms with Crippen LogP contribution in [0.1, 0.15) is 11.1 Å². The molecule has 0 saturated carbocycles. The van der Waals surface area contributed by atoms with Crippen molar-refractivity contribution in [3.05, 3.63) is 167 Å². The molecule has 0 aliphatic heterocycles. The fraction of sp³-hybridized carbons (Fsp3) is 0.158. The van der Waals surface area contributed by atoms with Crippen LogP contribution < -0.4 is 48.6 Å². The van der Waals surface area contributed by atoms with Crippen LogP contribution in [0.4, 0.5) is 0 Å². The molecule has 0 spiro atoms. The number of hydrogen-bond donors (Lipinski definition) is 1. The molecule has 0 amide bonds. The van der Waals surface area contributed by atoms with Crippen molar-refractivity contribution < 1.29 is 16.8 Å². The van der Waals surface area contributed by atoms with E-state index in [2.05, 4.69) is 0 Å². The molecule has 0 atom stereocenters. The maximum absolute atomic E-state index is 12.7. The second-order valence-corrected chi connectivity index (χ2v) is 17.2. The van der Waals surface area contributed by atoms with Crippen LogP contribution in [0.25, 0.3) is 54.5 Å². The van der Waals surface area contributed by atoms with Crippen molar-refractivity contribution in [2.45, 2.75) is 13.8 Å². The summed E-state index contributed by atoms with van der Waals surface area (Å²) in [7, 11) is -4.49. The fourth-order valence-electron chi connectivity index (χ4n) is 6.32. The lowest BCUT2D eigenvalue weighted by molar-refractivity contribution is 0.584. The Morgan fingerprint density at radius 2 is 0.596 bits per heavy atom. The first-order chi connectivity index (χ1) is 26.5. The highest BCUT2D eigenvalue weighted by molar-refractivity contribution is 8.04. The summed E-state index contributed by atoms with van der Waals surface area (Å²) in [6.45, 7) is 3.81. The minimum atomic E-state index is -3.62. The highest BCUT2D eigenvalue weighted by Crippen LogP contribution is 2.17. The molecule has 8 aromatic rings. The van der Waals surface area contributed by atoms with Crippen LogP contribution in [0.3, 0.4) is 0 Å². The van der Waals surface area contributed by atoms with Crippen LogP contribution in [-0.2, 0) is 34.1 Å². The zero-order chi connectivity index (χ0) is 42.0. The summed E-state index contributed by atoms with van der Waals surface area (Å²) in [6, 6.07) is 19.4. The standard InChI is InChI=1S/2C18H12N2O4.C2H7NO4S2/c2*1-9-3-5-10(6-4-9)20-17(23)13-7-11-12(8-14(13)18(20)24)16(22)19(2)15(11)21;1-8(4,5)3-9(2,6)7/h2*3-8H,1-2H3;3H,1-2H3. The summed E-state index contributed by atoms with van der Waals surface area (Å²) >= 11 is 0. The Morgan fingerprint density at radius 1 is 0.386 bits per heavy atom. The van der Waals surface area contributed by atoms with Crippen molar-refractivity contribution in [3.8, 4) is 11.4 Å². The van der Waals surface area contributed by atoms with Gasteiger partial charge in [-0.15, -0.1) is 4.13 Å². The van der Waals surface area contributed by atoms with E-state index in [9.17, 15) is 55.2 Å². The Morgan fingerprint density at radius 3 is 0.789 bits per heavy atom. The topological polar surface area (TPSA) is 237 Å². The molecule has 0 fully saturated rings. The molecule has 0 saturated heterocycles. The second kappa shape index (κ2) is 14.1. The normalized spacial score (nSPS) is 11.9. The third-order valence-electron chi connectivity index (χ3n) is 9.08. The van der Waals surface area contributed by atoms with Gasteiger partial charge < -0.3 is 0 Å². The first-order valence-electron chi connectivity index (χ1n) is 16.6. The number of nitrogens with one attached hydrogen (secondary N) is 1. The van der Waals surface area contributed by atoms with Crippen molar-refractivity contribution >= 4 is 63.1 Å². The van der Waals surface area contributed by atoms with E-state index in [1.165, 1.54) is 42.5 Å². The van der Waals surface area contributed by atoms with Gasteiger partial charge in [-0.1, -0.05) is 35.4 Å². The van der Waals surface area contributed by atoms with Gasteiger partial charge in [-0.05, 0) is 62.4 Å². The molecular formula is C38H31N5O12S2. The summed E-state index contributed by atoms with van der Waals surface area (Å²) in [5.74, 6) is 0. The minimum Gasteiger partial charge on any atom is -0.277 e. The smallest absolute Gasteiger partial charge is 0.266 e. The maximum atomic E-state index is 12.7. The second-order valence-electron chi connectivity index (χ2n) is 13.4. The van der Waals surface area contributed by atoms with Crippen molar-refractivity contribution in [1.82, 2.24) is 22.4 Å². The van der Waals surface area contributed by atoms with Crippen molar-refractivity contribution in [1.29, 1.82) is 0 Å². The predicted octanol–water partition coefficient (Wildman–Crippen LogP) is -0.0108. The van der Waals surface area contributed by atoms with E-state index in [0.29, 0.717) is 11.4 Å². The molecule has 8 rings (SSSR count). The number of aryl methyl sites for hydroxylation is 2. The molecule has 0 radical (unpaired) electrons. The average Bonchev–Trinajstić information content (AvgIpc) is 3.70. The Balaban J connectivity index is 0.000000160. The van der Waals surface area contributed by atoms with E-state index in [-0.39, 0.29) is 43.1 Å². The molecule has 292 valence electrons. The van der Waals surface area contributed by atoms with Gasteiger partial charge in [-0.25, -0.2) is 26.0 Å². The van der Waals surface area contributed by atoms with Gasteiger partial charge in [0.05, 0.1) is 67.0 Å². The van der Waals surface area contributed by atoms with E-state index < -0.39 is 64.5 Å². The zero-order valence-corrected chi connectivity index (χ0v) is 32.6. The van der Waals surface area contributed by atoms with Crippen molar-refractivity contribution in [2.75, 3.05) is 12.5 Å². The number of benzene rings is 4. The lowest BCUT2D eigenvalue weighted by atomic mass is 10.1. The van der Waals surface area contributed by atoms with Gasteiger partial charge in [-0.3, -0.25) is 47.5 Å². The number of aromatic nitrogens is 4. The largest absolute Gasteiger partial charge is 0.277 e. The molecule has 0 aliphatic carbocycles. The molecule has 0 unspecified atom stereocenters. The molecule has 4 aromatic heterocycles. The van der Waals surface area contributed by atoms with Crippen LogP contribution in [0.2, 0.25) is 0 Å². The molecule has 17 nitrogen and oxygen atoms in total.